The van der Waals surface area contributed by atoms with Crippen molar-refractivity contribution in [2.45, 2.75) is 19.8 Å². The fourth-order valence-electron chi connectivity index (χ4n) is 3.48. The first-order valence-corrected chi connectivity index (χ1v) is 8.68. The van der Waals surface area contributed by atoms with Crippen LogP contribution in [0.3, 0.4) is 0 Å². The third-order valence-electron chi connectivity index (χ3n) is 4.76. The van der Waals surface area contributed by atoms with Crippen molar-refractivity contribution >= 4 is 28.4 Å². The summed E-state index contributed by atoms with van der Waals surface area (Å²) in [4.78, 5) is 7.14. The Morgan fingerprint density at radius 1 is 0.875 bits per heavy atom. The number of aliphatic imine (C=N–C) groups is 1. The van der Waals surface area contributed by atoms with Crippen LogP contribution in [0.1, 0.15) is 24.0 Å². The van der Waals surface area contributed by atoms with E-state index in [1.54, 1.807) is 0 Å². The zero-order valence-corrected chi connectivity index (χ0v) is 14.1. The van der Waals surface area contributed by atoms with Gasteiger partial charge in [-0.1, -0.05) is 36.4 Å². The molecule has 1 saturated heterocycles. The number of fused-ring (bicyclic) bond motifs is 1. The van der Waals surface area contributed by atoms with Gasteiger partial charge in [0.15, 0.2) is 0 Å². The second-order valence-electron chi connectivity index (χ2n) is 6.53. The van der Waals surface area contributed by atoms with Crippen molar-refractivity contribution in [3.8, 4) is 0 Å². The minimum atomic E-state index is 0.995. The highest BCUT2D eigenvalue weighted by molar-refractivity contribution is 5.88. The first-order valence-electron chi connectivity index (χ1n) is 8.68. The van der Waals surface area contributed by atoms with E-state index < -0.39 is 0 Å². The molecule has 0 spiro atoms. The maximum atomic E-state index is 4.66. The van der Waals surface area contributed by atoms with Gasteiger partial charge in [-0.2, -0.15) is 0 Å². The van der Waals surface area contributed by atoms with E-state index in [1.165, 1.54) is 48.0 Å². The summed E-state index contributed by atoms with van der Waals surface area (Å²) in [5.41, 5.74) is 4.85. The maximum absolute atomic E-state index is 4.66. The fourth-order valence-corrected chi connectivity index (χ4v) is 3.48. The molecular weight excluding hydrogens is 292 g/mol. The van der Waals surface area contributed by atoms with Crippen molar-refractivity contribution < 1.29 is 0 Å². The molecule has 0 radical (unpaired) electrons. The predicted molar refractivity (Wildman–Crippen MR) is 104 cm³/mol. The lowest BCUT2D eigenvalue weighted by Crippen LogP contribution is -2.18. The van der Waals surface area contributed by atoms with Crippen LogP contribution < -0.4 is 4.90 Å². The lowest BCUT2D eigenvalue weighted by Gasteiger charge is -2.20. The van der Waals surface area contributed by atoms with Crippen LogP contribution in [0.2, 0.25) is 0 Å². The van der Waals surface area contributed by atoms with Crippen LogP contribution in [0.4, 0.5) is 11.4 Å². The molecule has 0 bridgehead atoms. The van der Waals surface area contributed by atoms with Crippen molar-refractivity contribution in [2.24, 2.45) is 4.99 Å². The van der Waals surface area contributed by atoms with Crippen LogP contribution in [0.15, 0.2) is 65.7 Å². The molecule has 1 heterocycles. The maximum Gasteiger partial charge on any atom is 0.0636 e. The van der Waals surface area contributed by atoms with Gasteiger partial charge < -0.3 is 4.90 Å². The van der Waals surface area contributed by atoms with Crippen LogP contribution in [0.5, 0.6) is 0 Å². The summed E-state index contributed by atoms with van der Waals surface area (Å²) in [7, 11) is 0. The van der Waals surface area contributed by atoms with Crippen LogP contribution in [0.25, 0.3) is 10.8 Å². The van der Waals surface area contributed by atoms with Gasteiger partial charge in [0, 0.05) is 25.0 Å². The standard InChI is InChI=1S/C22H22N2/c1-17-14-18(8-11-22(17)24-12-4-5-13-24)16-23-21-10-9-19-6-2-3-7-20(19)15-21/h2-3,6-11,14-16H,4-5,12-13H2,1H3. The second kappa shape index (κ2) is 6.48. The van der Waals surface area contributed by atoms with Gasteiger partial charge in [-0.3, -0.25) is 4.99 Å². The third-order valence-corrected chi connectivity index (χ3v) is 4.76. The topological polar surface area (TPSA) is 15.6 Å². The number of rotatable bonds is 3. The summed E-state index contributed by atoms with van der Waals surface area (Å²) in [5, 5.41) is 2.48. The first-order chi connectivity index (χ1) is 11.8. The largest absolute Gasteiger partial charge is 0.371 e. The van der Waals surface area contributed by atoms with E-state index in [9.17, 15) is 0 Å². The molecule has 0 saturated carbocycles. The van der Waals surface area contributed by atoms with Gasteiger partial charge in [0.2, 0.25) is 0 Å². The van der Waals surface area contributed by atoms with Gasteiger partial charge in [-0.05, 0) is 65.9 Å². The monoisotopic (exact) mass is 314 g/mol. The minimum Gasteiger partial charge on any atom is -0.371 e. The van der Waals surface area contributed by atoms with E-state index in [0.717, 1.165) is 11.3 Å². The molecule has 0 unspecified atom stereocenters. The molecule has 24 heavy (non-hydrogen) atoms. The molecular formula is C22H22N2. The van der Waals surface area contributed by atoms with Crippen LogP contribution in [-0.2, 0) is 0 Å². The molecule has 1 fully saturated rings. The molecule has 4 rings (SSSR count). The Labute approximate surface area is 143 Å². The molecule has 2 nitrogen and oxygen atoms in total. The Morgan fingerprint density at radius 2 is 1.67 bits per heavy atom. The Balaban J connectivity index is 1.57. The highest BCUT2D eigenvalue weighted by Crippen LogP contribution is 2.25. The Kier molecular flexibility index (Phi) is 4.04. The normalized spacial score (nSPS) is 14.8. The van der Waals surface area contributed by atoms with E-state index in [1.807, 2.05) is 6.21 Å². The summed E-state index contributed by atoms with van der Waals surface area (Å²) in [6, 6.07) is 21.4. The number of hydrogen-bond acceptors (Lipinski definition) is 2. The van der Waals surface area contributed by atoms with Crippen LogP contribution >= 0.6 is 0 Å². The van der Waals surface area contributed by atoms with E-state index in [0.29, 0.717) is 0 Å². The highest BCUT2D eigenvalue weighted by atomic mass is 15.1. The summed E-state index contributed by atoms with van der Waals surface area (Å²) in [6.45, 7) is 4.57. The summed E-state index contributed by atoms with van der Waals surface area (Å²) in [6.07, 6.45) is 4.58. The van der Waals surface area contributed by atoms with Crippen molar-refractivity contribution in [2.75, 3.05) is 18.0 Å². The van der Waals surface area contributed by atoms with Crippen LogP contribution in [-0.4, -0.2) is 19.3 Å². The van der Waals surface area contributed by atoms with E-state index in [-0.39, 0.29) is 0 Å². The van der Waals surface area contributed by atoms with E-state index in [4.69, 9.17) is 0 Å². The molecule has 0 N–H and O–H groups in total. The Morgan fingerprint density at radius 3 is 2.46 bits per heavy atom. The quantitative estimate of drug-likeness (QED) is 0.583. The Hall–Kier alpha value is -2.61. The van der Waals surface area contributed by atoms with Gasteiger partial charge in [-0.25, -0.2) is 0 Å². The van der Waals surface area contributed by atoms with Gasteiger partial charge in [-0.15, -0.1) is 0 Å². The lowest BCUT2D eigenvalue weighted by atomic mass is 10.1. The smallest absolute Gasteiger partial charge is 0.0636 e. The molecule has 1 aliphatic rings. The molecule has 3 aromatic rings. The molecule has 0 aliphatic carbocycles. The van der Waals surface area contributed by atoms with Gasteiger partial charge >= 0.3 is 0 Å². The zero-order valence-electron chi connectivity index (χ0n) is 14.1. The second-order valence-corrected chi connectivity index (χ2v) is 6.53. The van der Waals surface area contributed by atoms with E-state index in [2.05, 4.69) is 77.5 Å². The van der Waals surface area contributed by atoms with Crippen molar-refractivity contribution in [1.29, 1.82) is 0 Å². The average molecular weight is 314 g/mol. The molecule has 0 amide bonds. The minimum absolute atomic E-state index is 0.995. The van der Waals surface area contributed by atoms with Crippen molar-refractivity contribution in [3.05, 3.63) is 71.8 Å². The average Bonchev–Trinajstić information content (AvgIpc) is 3.14. The molecule has 1 aliphatic heterocycles. The molecule has 3 aromatic carbocycles. The fraction of sp³-hybridized carbons (Fsp3) is 0.227. The number of hydrogen-bond donors (Lipinski definition) is 0. The predicted octanol–water partition coefficient (Wildman–Crippen LogP) is 5.50. The molecule has 120 valence electrons. The number of anilines is 1. The third kappa shape index (κ3) is 3.05. The van der Waals surface area contributed by atoms with E-state index >= 15 is 0 Å². The summed E-state index contributed by atoms with van der Waals surface area (Å²) in [5.74, 6) is 0. The number of nitrogens with zero attached hydrogens (tertiary/aromatic N) is 2. The van der Waals surface area contributed by atoms with Crippen molar-refractivity contribution in [3.63, 3.8) is 0 Å². The molecule has 0 aromatic heterocycles. The lowest BCUT2D eigenvalue weighted by molar-refractivity contribution is 0.949. The van der Waals surface area contributed by atoms with Gasteiger partial charge in [0.25, 0.3) is 0 Å². The number of aryl methyl sites for hydroxylation is 1. The number of benzene rings is 3. The first kappa shape index (κ1) is 14.9. The summed E-state index contributed by atoms with van der Waals surface area (Å²) >= 11 is 0. The van der Waals surface area contributed by atoms with Gasteiger partial charge in [0.05, 0.1) is 5.69 Å². The zero-order chi connectivity index (χ0) is 16.4. The van der Waals surface area contributed by atoms with Crippen molar-refractivity contribution in [1.82, 2.24) is 0 Å². The Bertz CT molecular complexity index is 889. The SMILES string of the molecule is Cc1cc(C=Nc2ccc3ccccc3c2)ccc1N1CCCC1. The molecule has 2 heteroatoms. The van der Waals surface area contributed by atoms with Gasteiger partial charge in [0.1, 0.15) is 0 Å². The van der Waals surface area contributed by atoms with Crippen LogP contribution in [0, 0.1) is 6.92 Å². The molecule has 0 atom stereocenters. The highest BCUT2D eigenvalue weighted by Gasteiger charge is 2.13. The summed E-state index contributed by atoms with van der Waals surface area (Å²) < 4.78 is 0.